The van der Waals surface area contributed by atoms with Crippen molar-refractivity contribution >= 4 is 29.3 Å². The number of aromatic nitrogens is 5. The fourth-order valence-corrected chi connectivity index (χ4v) is 4.21. The van der Waals surface area contributed by atoms with E-state index in [4.69, 9.17) is 21.8 Å². The van der Waals surface area contributed by atoms with Crippen LogP contribution in [0.3, 0.4) is 0 Å². The van der Waals surface area contributed by atoms with Gasteiger partial charge in [0, 0.05) is 29.7 Å². The first kappa shape index (κ1) is 20.7. The molecule has 1 fully saturated rings. The van der Waals surface area contributed by atoms with Gasteiger partial charge >= 0.3 is 0 Å². The summed E-state index contributed by atoms with van der Waals surface area (Å²) in [4.78, 5) is 15.3. The fraction of sp³-hybridized carbons (Fsp3) is 0.333. The van der Waals surface area contributed by atoms with Crippen molar-refractivity contribution in [2.24, 2.45) is 0 Å². The van der Waals surface area contributed by atoms with Crippen molar-refractivity contribution in [3.05, 3.63) is 52.5 Å². The molecule has 0 radical (unpaired) electrons. The Morgan fingerprint density at radius 1 is 1.28 bits per heavy atom. The Morgan fingerprint density at radius 2 is 2.16 bits per heavy atom. The van der Waals surface area contributed by atoms with E-state index in [2.05, 4.69) is 30.3 Å². The van der Waals surface area contributed by atoms with Crippen molar-refractivity contribution in [1.82, 2.24) is 29.5 Å². The maximum atomic E-state index is 14.6. The van der Waals surface area contributed by atoms with E-state index in [-0.39, 0.29) is 17.8 Å². The first-order valence-electron chi connectivity index (χ1n) is 10.3. The molecule has 0 spiro atoms. The zero-order valence-electron chi connectivity index (χ0n) is 17.4. The number of fused-ring (bicyclic) bond motifs is 1. The van der Waals surface area contributed by atoms with Crippen LogP contribution >= 0.6 is 11.6 Å². The second kappa shape index (κ2) is 8.36. The summed E-state index contributed by atoms with van der Waals surface area (Å²) in [5.74, 6) is 1.51. The van der Waals surface area contributed by atoms with Crippen LogP contribution in [0.15, 0.2) is 34.9 Å². The van der Waals surface area contributed by atoms with E-state index >= 15 is 0 Å². The van der Waals surface area contributed by atoms with Gasteiger partial charge in [-0.3, -0.25) is 4.90 Å². The van der Waals surface area contributed by atoms with Crippen LogP contribution in [-0.2, 0) is 6.54 Å². The smallest absolute Gasteiger partial charge is 0.259 e. The number of furan rings is 1. The molecule has 3 N–H and O–H groups in total. The predicted octanol–water partition coefficient (Wildman–Crippen LogP) is 3.54. The van der Waals surface area contributed by atoms with Gasteiger partial charge in [0.05, 0.1) is 6.26 Å². The molecule has 9 nitrogen and oxygen atoms in total. The van der Waals surface area contributed by atoms with Crippen LogP contribution < -0.4 is 11.1 Å². The van der Waals surface area contributed by atoms with Crippen LogP contribution in [0.25, 0.3) is 17.4 Å². The normalized spacial score (nSPS) is 16.8. The minimum absolute atomic E-state index is 0.166. The number of nitrogens with two attached hydrogens (primary N) is 1. The Balaban J connectivity index is 1.31. The third-order valence-electron chi connectivity index (χ3n) is 5.71. The minimum atomic E-state index is -0.239. The quantitative estimate of drug-likeness (QED) is 0.453. The van der Waals surface area contributed by atoms with Crippen LogP contribution in [0.5, 0.6) is 0 Å². The number of halogens is 2. The number of rotatable bonds is 6. The molecule has 1 unspecified atom stereocenters. The molecule has 1 aliphatic rings. The molecular weight excluding hydrogens is 435 g/mol. The van der Waals surface area contributed by atoms with Gasteiger partial charge in [0.1, 0.15) is 5.82 Å². The van der Waals surface area contributed by atoms with Gasteiger partial charge in [0.15, 0.2) is 5.76 Å². The number of hydrogen-bond acceptors (Lipinski definition) is 8. The van der Waals surface area contributed by atoms with E-state index in [1.54, 1.807) is 37.5 Å². The first-order valence-corrected chi connectivity index (χ1v) is 10.7. The molecule has 11 heteroatoms. The summed E-state index contributed by atoms with van der Waals surface area (Å²) in [7, 11) is 0. The van der Waals surface area contributed by atoms with Gasteiger partial charge in [0.25, 0.3) is 5.78 Å². The summed E-state index contributed by atoms with van der Waals surface area (Å²) in [6.07, 6.45) is 3.55. The molecule has 0 saturated carbocycles. The third-order valence-corrected chi connectivity index (χ3v) is 6.06. The van der Waals surface area contributed by atoms with E-state index in [0.717, 1.165) is 19.4 Å². The number of hydrogen-bond donors (Lipinski definition) is 2. The summed E-state index contributed by atoms with van der Waals surface area (Å²) in [6, 6.07) is 7.15. The summed E-state index contributed by atoms with van der Waals surface area (Å²) >= 11 is 6.27. The largest absolute Gasteiger partial charge is 0.461 e. The van der Waals surface area contributed by atoms with Crippen molar-refractivity contribution in [3.63, 3.8) is 0 Å². The number of aryl methyl sites for hydroxylation is 1. The summed E-state index contributed by atoms with van der Waals surface area (Å²) in [5.41, 5.74) is 7.19. The second-order valence-electron chi connectivity index (χ2n) is 7.83. The summed E-state index contributed by atoms with van der Waals surface area (Å²) in [6.45, 7) is 3.66. The Bertz CT molecular complexity index is 1260. The van der Waals surface area contributed by atoms with Crippen LogP contribution in [0.4, 0.5) is 16.3 Å². The highest BCUT2D eigenvalue weighted by Crippen LogP contribution is 2.27. The molecule has 166 valence electrons. The predicted molar refractivity (Wildman–Crippen MR) is 119 cm³/mol. The van der Waals surface area contributed by atoms with Gasteiger partial charge in [-0.1, -0.05) is 17.7 Å². The van der Waals surface area contributed by atoms with Gasteiger partial charge < -0.3 is 15.5 Å². The molecule has 4 aromatic rings. The molecule has 3 aromatic heterocycles. The molecule has 0 bridgehead atoms. The van der Waals surface area contributed by atoms with Gasteiger partial charge in [-0.05, 0) is 50.1 Å². The lowest BCUT2D eigenvalue weighted by atomic mass is 10.1. The summed E-state index contributed by atoms with van der Waals surface area (Å²) in [5, 5.41) is 7.99. The zero-order chi connectivity index (χ0) is 22.2. The van der Waals surface area contributed by atoms with Gasteiger partial charge in [-0.15, -0.1) is 5.10 Å². The molecule has 4 heterocycles. The molecule has 1 atom stereocenters. The van der Waals surface area contributed by atoms with E-state index in [1.807, 2.05) is 0 Å². The van der Waals surface area contributed by atoms with Gasteiger partial charge in [-0.25, -0.2) is 4.39 Å². The van der Waals surface area contributed by atoms with Crippen LogP contribution in [0.2, 0.25) is 5.02 Å². The lowest BCUT2D eigenvalue weighted by molar-refractivity contribution is 0.250. The molecular formula is C21H22ClFN8O. The Morgan fingerprint density at radius 3 is 2.97 bits per heavy atom. The number of benzene rings is 1. The topological polar surface area (TPSA) is 110 Å². The average molecular weight is 457 g/mol. The highest BCUT2D eigenvalue weighted by atomic mass is 35.5. The lowest BCUT2D eigenvalue weighted by Crippen LogP contribution is -2.35. The Labute approximate surface area is 188 Å². The molecule has 5 rings (SSSR count). The average Bonchev–Trinajstić information content (AvgIpc) is 3.53. The highest BCUT2D eigenvalue weighted by molar-refractivity contribution is 6.31. The molecule has 0 aliphatic carbocycles. The van der Waals surface area contributed by atoms with Crippen molar-refractivity contribution in [2.75, 3.05) is 24.1 Å². The van der Waals surface area contributed by atoms with Gasteiger partial charge in [-0.2, -0.15) is 19.5 Å². The molecule has 1 aromatic carbocycles. The SMILES string of the molecule is Cc1ccc(Cl)c(CN2CCCC2CNc2nc(N)n3nc(-c4ccco4)nc3n2)c1F. The lowest BCUT2D eigenvalue weighted by Gasteiger charge is -2.25. The van der Waals surface area contributed by atoms with Crippen molar-refractivity contribution in [1.29, 1.82) is 0 Å². The highest BCUT2D eigenvalue weighted by Gasteiger charge is 2.26. The minimum Gasteiger partial charge on any atom is -0.461 e. The number of nitrogen functional groups attached to an aromatic ring is 1. The Kier molecular flexibility index (Phi) is 5.40. The molecule has 0 amide bonds. The molecule has 32 heavy (non-hydrogen) atoms. The van der Waals surface area contributed by atoms with E-state index in [0.29, 0.717) is 52.5 Å². The first-order chi connectivity index (χ1) is 15.5. The molecule has 1 saturated heterocycles. The number of nitrogens with one attached hydrogen (secondary N) is 1. The van der Waals surface area contributed by atoms with E-state index in [1.165, 1.54) is 4.52 Å². The maximum absolute atomic E-state index is 14.6. The standard InChI is InChI=1S/C21H22ClFN8O/c1-12-6-7-15(22)14(17(12)23)11-30-8-2-4-13(30)10-25-20-27-19(24)31-21(28-20)26-18(29-31)16-5-3-9-32-16/h3,5-7,9,13H,2,4,8,10-11H2,1H3,(H3,24,25,26,27,28,29). The van der Waals surface area contributed by atoms with E-state index < -0.39 is 0 Å². The second-order valence-corrected chi connectivity index (χ2v) is 8.24. The van der Waals surface area contributed by atoms with Crippen LogP contribution in [0, 0.1) is 12.7 Å². The summed E-state index contributed by atoms with van der Waals surface area (Å²) < 4.78 is 21.3. The Hall–Kier alpha value is -3.24. The third kappa shape index (κ3) is 3.87. The molecule has 1 aliphatic heterocycles. The fourth-order valence-electron chi connectivity index (χ4n) is 4.00. The van der Waals surface area contributed by atoms with E-state index in [9.17, 15) is 4.39 Å². The van der Waals surface area contributed by atoms with Crippen molar-refractivity contribution < 1.29 is 8.81 Å². The zero-order valence-corrected chi connectivity index (χ0v) is 18.2. The van der Waals surface area contributed by atoms with Crippen LogP contribution in [0.1, 0.15) is 24.0 Å². The number of nitrogens with zero attached hydrogens (tertiary/aromatic N) is 6. The number of likely N-dealkylation sites (tertiary alicyclic amines) is 1. The van der Waals surface area contributed by atoms with Crippen LogP contribution in [-0.4, -0.2) is 48.6 Å². The maximum Gasteiger partial charge on any atom is 0.259 e. The number of anilines is 2. The van der Waals surface area contributed by atoms with Gasteiger partial charge in [0.2, 0.25) is 17.7 Å². The van der Waals surface area contributed by atoms with Crippen molar-refractivity contribution in [2.45, 2.75) is 32.4 Å². The van der Waals surface area contributed by atoms with Crippen molar-refractivity contribution in [3.8, 4) is 11.6 Å². The monoisotopic (exact) mass is 456 g/mol.